The van der Waals surface area contributed by atoms with Crippen molar-refractivity contribution < 1.29 is 9.90 Å². The molecule has 152 valence electrons. The zero-order valence-electron chi connectivity index (χ0n) is 16.8. The summed E-state index contributed by atoms with van der Waals surface area (Å²) < 4.78 is 1.56. The fraction of sp³-hybridized carbons (Fsp3) is 0.450. The molecular weight excluding hydrogens is 378 g/mol. The molecule has 2 aromatic rings. The summed E-state index contributed by atoms with van der Waals surface area (Å²) in [4.78, 5) is 19.3. The number of aliphatic imine (C=N–C) groups is 1. The van der Waals surface area contributed by atoms with Crippen LogP contribution >= 0.6 is 11.6 Å². The Morgan fingerprint density at radius 1 is 1.50 bits per heavy atom. The first-order valence-electron chi connectivity index (χ1n) is 9.38. The van der Waals surface area contributed by atoms with E-state index < -0.39 is 0 Å². The summed E-state index contributed by atoms with van der Waals surface area (Å²) in [6, 6.07) is 5.45. The zero-order valence-corrected chi connectivity index (χ0v) is 17.6. The predicted octanol–water partition coefficient (Wildman–Crippen LogP) is 3.89. The van der Waals surface area contributed by atoms with E-state index in [9.17, 15) is 9.90 Å². The van der Waals surface area contributed by atoms with Gasteiger partial charge in [-0.2, -0.15) is 5.10 Å². The monoisotopic (exact) mass is 405 g/mol. The Kier molecular flexibility index (Phi) is 8.02. The zero-order chi connectivity index (χ0) is 20.7. The molecule has 0 aliphatic rings. The molecular formula is C20H28ClN5O2. The van der Waals surface area contributed by atoms with Gasteiger partial charge >= 0.3 is 0 Å². The van der Waals surface area contributed by atoms with Gasteiger partial charge in [0.15, 0.2) is 5.82 Å². The van der Waals surface area contributed by atoms with E-state index in [4.69, 9.17) is 11.6 Å². The van der Waals surface area contributed by atoms with E-state index in [1.807, 2.05) is 19.1 Å². The molecule has 1 heterocycles. The number of carbonyl (C=O) groups is 1. The van der Waals surface area contributed by atoms with Crippen LogP contribution in [0.3, 0.4) is 0 Å². The minimum atomic E-state index is -0.294. The van der Waals surface area contributed by atoms with Crippen LogP contribution in [0.25, 0.3) is 0 Å². The lowest BCUT2D eigenvalue weighted by atomic mass is 10.1. The van der Waals surface area contributed by atoms with Crippen molar-refractivity contribution >= 4 is 40.9 Å². The van der Waals surface area contributed by atoms with Crippen LogP contribution in [0.4, 0.5) is 17.2 Å². The Morgan fingerprint density at radius 2 is 2.25 bits per heavy atom. The third-order valence-corrected chi connectivity index (χ3v) is 4.77. The van der Waals surface area contributed by atoms with Gasteiger partial charge in [0.1, 0.15) is 5.56 Å². The number of hydrogen-bond acceptors (Lipinski definition) is 5. The molecule has 0 aliphatic carbocycles. The average Bonchev–Trinajstić information content (AvgIpc) is 3.04. The maximum Gasteiger partial charge on any atom is 0.261 e. The number of nitrogens with one attached hydrogen (secondary N) is 1. The fourth-order valence-corrected chi connectivity index (χ4v) is 3.03. The molecule has 0 spiro atoms. The maximum absolute atomic E-state index is 12.9. The number of carbonyl (C=O) groups excluding carboxylic acids is 1. The molecule has 8 heteroatoms. The summed E-state index contributed by atoms with van der Waals surface area (Å²) >= 11 is 6.19. The van der Waals surface area contributed by atoms with Gasteiger partial charge in [-0.05, 0) is 44.4 Å². The van der Waals surface area contributed by atoms with Crippen LogP contribution in [-0.4, -0.2) is 46.7 Å². The average molecular weight is 406 g/mol. The second-order valence-corrected chi connectivity index (χ2v) is 7.10. The first kappa shape index (κ1) is 21.9. The predicted molar refractivity (Wildman–Crippen MR) is 115 cm³/mol. The summed E-state index contributed by atoms with van der Waals surface area (Å²) in [7, 11) is 1.74. The molecule has 2 N–H and O–H groups in total. The normalized spacial score (nSPS) is 12.4. The smallest absolute Gasteiger partial charge is 0.261 e. The molecule has 0 saturated carbocycles. The number of aliphatic hydroxyl groups is 1. The van der Waals surface area contributed by atoms with E-state index >= 15 is 0 Å². The van der Waals surface area contributed by atoms with Crippen LogP contribution in [0.5, 0.6) is 0 Å². The molecule has 1 aromatic carbocycles. The molecule has 0 radical (unpaired) electrons. The lowest BCUT2D eigenvalue weighted by Crippen LogP contribution is -2.27. The van der Waals surface area contributed by atoms with E-state index in [-0.39, 0.29) is 18.4 Å². The molecule has 7 nitrogen and oxygen atoms in total. The van der Waals surface area contributed by atoms with E-state index in [0.717, 1.165) is 25.2 Å². The molecule has 28 heavy (non-hydrogen) atoms. The van der Waals surface area contributed by atoms with Crippen molar-refractivity contribution in [3.63, 3.8) is 0 Å². The van der Waals surface area contributed by atoms with Gasteiger partial charge in [-0.1, -0.05) is 18.5 Å². The van der Waals surface area contributed by atoms with Crippen molar-refractivity contribution in [3.05, 3.63) is 35.0 Å². The second kappa shape index (κ2) is 10.2. The number of halogens is 1. The number of aliphatic hydroxyl groups excluding tert-OH is 1. The van der Waals surface area contributed by atoms with Crippen molar-refractivity contribution in [2.24, 2.45) is 18.0 Å². The second-order valence-electron chi connectivity index (χ2n) is 6.66. The first-order chi connectivity index (χ1) is 13.4. The first-order valence-corrected chi connectivity index (χ1v) is 9.76. The largest absolute Gasteiger partial charge is 0.396 e. The van der Waals surface area contributed by atoms with Crippen molar-refractivity contribution in [1.82, 2.24) is 9.78 Å². The van der Waals surface area contributed by atoms with Crippen LogP contribution < -0.4 is 10.2 Å². The van der Waals surface area contributed by atoms with Crippen LogP contribution in [-0.2, 0) is 7.05 Å². The lowest BCUT2D eigenvalue weighted by Gasteiger charge is -2.27. The van der Waals surface area contributed by atoms with Crippen LogP contribution in [0.1, 0.15) is 37.6 Å². The third kappa shape index (κ3) is 5.33. The van der Waals surface area contributed by atoms with Gasteiger partial charge in [0.25, 0.3) is 5.91 Å². The van der Waals surface area contributed by atoms with Crippen LogP contribution in [0.15, 0.2) is 29.4 Å². The van der Waals surface area contributed by atoms with Gasteiger partial charge in [-0.3, -0.25) is 9.48 Å². The molecule has 1 unspecified atom stereocenters. The van der Waals surface area contributed by atoms with Gasteiger partial charge in [-0.15, -0.1) is 0 Å². The number of rotatable bonds is 9. The number of benzene rings is 1. The number of aryl methyl sites for hydroxylation is 1. The molecule has 1 atom stereocenters. The van der Waals surface area contributed by atoms with Gasteiger partial charge in [0, 0.05) is 38.0 Å². The molecule has 0 bridgehead atoms. The number of amides is 1. The summed E-state index contributed by atoms with van der Waals surface area (Å²) in [5, 5.41) is 16.9. The molecule has 0 aliphatic heterocycles. The molecule has 1 aromatic heterocycles. The number of nitrogens with zero attached hydrogens (tertiary/aromatic N) is 4. The van der Waals surface area contributed by atoms with E-state index in [1.165, 1.54) is 6.20 Å². The minimum Gasteiger partial charge on any atom is -0.396 e. The topological polar surface area (TPSA) is 82.8 Å². The summed E-state index contributed by atoms with van der Waals surface area (Å²) in [5.41, 5.74) is 1.91. The highest BCUT2D eigenvalue weighted by atomic mass is 35.5. The summed E-state index contributed by atoms with van der Waals surface area (Å²) in [6.45, 7) is 7.54. The summed E-state index contributed by atoms with van der Waals surface area (Å²) in [5.74, 6) is 0.411. The maximum atomic E-state index is 12.9. The highest BCUT2D eigenvalue weighted by molar-refractivity contribution is 6.31. The fourth-order valence-electron chi connectivity index (χ4n) is 2.86. The molecule has 0 saturated heterocycles. The SMILES string of the molecule is C/C=N\c1c(C(=O)Nc2cc(Cl)ccc2N(CC)CCC(C)CO)cnn1C. The van der Waals surface area contributed by atoms with E-state index in [1.54, 1.807) is 30.9 Å². The number of anilines is 2. The Hall–Kier alpha value is -2.38. The van der Waals surface area contributed by atoms with Gasteiger partial charge < -0.3 is 15.3 Å². The van der Waals surface area contributed by atoms with Crippen molar-refractivity contribution in [3.8, 4) is 0 Å². The highest BCUT2D eigenvalue weighted by Gasteiger charge is 2.19. The Balaban J connectivity index is 2.30. The lowest BCUT2D eigenvalue weighted by molar-refractivity contribution is 0.102. The van der Waals surface area contributed by atoms with Crippen molar-refractivity contribution in [1.29, 1.82) is 0 Å². The Morgan fingerprint density at radius 3 is 2.89 bits per heavy atom. The van der Waals surface area contributed by atoms with Crippen molar-refractivity contribution in [2.75, 3.05) is 29.9 Å². The van der Waals surface area contributed by atoms with E-state index in [0.29, 0.717) is 22.1 Å². The third-order valence-electron chi connectivity index (χ3n) is 4.54. The van der Waals surface area contributed by atoms with Gasteiger partial charge in [-0.25, -0.2) is 4.99 Å². The standard InChI is InChI=1S/C20H28ClN5O2/c1-5-22-19-16(12-23-25(19)4)20(28)24-17-11-15(21)7-8-18(17)26(6-2)10-9-14(3)13-27/h5,7-8,11-12,14,27H,6,9-10,13H2,1-4H3,(H,24,28)/b22-5-. The van der Waals surface area contributed by atoms with Crippen LogP contribution in [0.2, 0.25) is 5.02 Å². The van der Waals surface area contributed by atoms with Crippen LogP contribution in [0, 0.1) is 5.92 Å². The van der Waals surface area contributed by atoms with E-state index in [2.05, 4.69) is 27.2 Å². The Labute approximate surface area is 171 Å². The molecule has 2 rings (SSSR count). The van der Waals surface area contributed by atoms with Crippen molar-refractivity contribution in [2.45, 2.75) is 27.2 Å². The summed E-state index contributed by atoms with van der Waals surface area (Å²) in [6.07, 6.45) is 3.97. The molecule has 0 fully saturated rings. The number of hydrogen-bond donors (Lipinski definition) is 2. The Bertz CT molecular complexity index is 834. The number of aromatic nitrogens is 2. The quantitative estimate of drug-likeness (QED) is 0.620. The highest BCUT2D eigenvalue weighted by Crippen LogP contribution is 2.31. The van der Waals surface area contributed by atoms with Gasteiger partial charge in [0.05, 0.1) is 17.6 Å². The van der Waals surface area contributed by atoms with Gasteiger partial charge in [0.2, 0.25) is 0 Å². The molecule has 1 amide bonds. The minimum absolute atomic E-state index is 0.156.